The average molecular weight is 213 g/mol. The second kappa shape index (κ2) is 4.52. The van der Waals surface area contributed by atoms with Crippen LogP contribution in [-0.2, 0) is 4.79 Å². The number of hydrogen-bond acceptors (Lipinski definition) is 2. The van der Waals surface area contributed by atoms with Crippen molar-refractivity contribution in [3.8, 4) is 0 Å². The Bertz CT molecular complexity index is 236. The molecule has 0 amide bonds. The minimum Gasteiger partial charge on any atom is -0.481 e. The third-order valence-electron chi connectivity index (χ3n) is 3.63. The van der Waals surface area contributed by atoms with Crippen molar-refractivity contribution in [3.05, 3.63) is 0 Å². The van der Waals surface area contributed by atoms with Gasteiger partial charge in [0, 0.05) is 5.54 Å². The topological polar surface area (TPSA) is 40.5 Å². The normalized spacial score (nSPS) is 26.1. The molecule has 1 atom stereocenters. The zero-order valence-electron chi connectivity index (χ0n) is 10.3. The molecule has 0 saturated carbocycles. The highest BCUT2D eigenvalue weighted by Gasteiger charge is 2.44. The Balaban J connectivity index is 2.58. The van der Waals surface area contributed by atoms with Crippen LogP contribution in [0.25, 0.3) is 0 Å². The SMILES string of the molecule is CC(C)CCN1CCC(C(=O)O)C1(C)C. The van der Waals surface area contributed by atoms with Gasteiger partial charge < -0.3 is 5.11 Å². The maximum absolute atomic E-state index is 11.1. The van der Waals surface area contributed by atoms with Crippen LogP contribution in [0.4, 0.5) is 0 Å². The highest BCUT2D eigenvalue weighted by Crippen LogP contribution is 2.34. The number of hydrogen-bond donors (Lipinski definition) is 1. The summed E-state index contributed by atoms with van der Waals surface area (Å²) in [6.07, 6.45) is 1.94. The molecule has 0 bridgehead atoms. The van der Waals surface area contributed by atoms with E-state index in [1.807, 2.05) is 0 Å². The highest BCUT2D eigenvalue weighted by atomic mass is 16.4. The molecule has 0 aliphatic carbocycles. The number of carbonyl (C=O) groups is 1. The molecule has 0 spiro atoms. The van der Waals surface area contributed by atoms with Crippen LogP contribution in [0.5, 0.6) is 0 Å². The molecular formula is C12H23NO2. The summed E-state index contributed by atoms with van der Waals surface area (Å²) < 4.78 is 0. The van der Waals surface area contributed by atoms with E-state index in [4.69, 9.17) is 5.11 Å². The summed E-state index contributed by atoms with van der Waals surface area (Å²) >= 11 is 0. The Morgan fingerprint density at radius 1 is 1.53 bits per heavy atom. The van der Waals surface area contributed by atoms with Crippen LogP contribution in [0.15, 0.2) is 0 Å². The first-order valence-corrected chi connectivity index (χ1v) is 5.83. The summed E-state index contributed by atoms with van der Waals surface area (Å²) in [5, 5.41) is 9.12. The summed E-state index contributed by atoms with van der Waals surface area (Å²) in [5.41, 5.74) is -0.180. The summed E-state index contributed by atoms with van der Waals surface area (Å²) in [5.74, 6) is -0.165. The van der Waals surface area contributed by atoms with Gasteiger partial charge in [-0.3, -0.25) is 9.69 Å². The molecule has 3 nitrogen and oxygen atoms in total. The Morgan fingerprint density at radius 2 is 2.13 bits per heavy atom. The van der Waals surface area contributed by atoms with Crippen LogP contribution >= 0.6 is 0 Å². The van der Waals surface area contributed by atoms with Gasteiger partial charge in [-0.1, -0.05) is 13.8 Å². The van der Waals surface area contributed by atoms with Crippen molar-refractivity contribution < 1.29 is 9.90 Å². The van der Waals surface area contributed by atoms with Crippen LogP contribution in [-0.4, -0.2) is 34.6 Å². The predicted molar refractivity (Wildman–Crippen MR) is 60.8 cm³/mol. The van der Waals surface area contributed by atoms with Gasteiger partial charge in [-0.2, -0.15) is 0 Å². The predicted octanol–water partition coefficient (Wildman–Crippen LogP) is 2.22. The van der Waals surface area contributed by atoms with Gasteiger partial charge in [0.25, 0.3) is 0 Å². The smallest absolute Gasteiger partial charge is 0.308 e. The fourth-order valence-electron chi connectivity index (χ4n) is 2.39. The van der Waals surface area contributed by atoms with Gasteiger partial charge >= 0.3 is 5.97 Å². The van der Waals surface area contributed by atoms with Crippen LogP contribution < -0.4 is 0 Å². The van der Waals surface area contributed by atoms with Gasteiger partial charge in [-0.25, -0.2) is 0 Å². The lowest BCUT2D eigenvalue weighted by Crippen LogP contribution is -2.45. The number of likely N-dealkylation sites (tertiary alicyclic amines) is 1. The zero-order valence-corrected chi connectivity index (χ0v) is 10.3. The summed E-state index contributed by atoms with van der Waals surface area (Å²) in [6, 6.07) is 0. The molecule has 1 heterocycles. The van der Waals surface area contributed by atoms with Crippen molar-refractivity contribution in [1.29, 1.82) is 0 Å². The van der Waals surface area contributed by atoms with Crippen LogP contribution in [0.2, 0.25) is 0 Å². The molecule has 3 heteroatoms. The summed E-state index contributed by atoms with van der Waals surface area (Å²) in [4.78, 5) is 13.4. The fraction of sp³-hybridized carbons (Fsp3) is 0.917. The van der Waals surface area contributed by atoms with Crippen molar-refractivity contribution >= 4 is 5.97 Å². The third-order valence-corrected chi connectivity index (χ3v) is 3.63. The van der Waals surface area contributed by atoms with Gasteiger partial charge in [-0.15, -0.1) is 0 Å². The molecule has 1 fully saturated rings. The standard InChI is InChI=1S/C12H23NO2/c1-9(2)5-7-13-8-6-10(11(14)15)12(13,3)4/h9-10H,5-8H2,1-4H3,(H,14,15). The Labute approximate surface area is 92.5 Å². The van der Waals surface area contributed by atoms with Gasteiger partial charge in [0.1, 0.15) is 0 Å². The molecule has 1 N–H and O–H groups in total. The van der Waals surface area contributed by atoms with E-state index >= 15 is 0 Å². The van der Waals surface area contributed by atoms with Crippen LogP contribution in [0, 0.1) is 11.8 Å². The molecule has 1 aliphatic rings. The number of carboxylic acids is 1. The van der Waals surface area contributed by atoms with Crippen molar-refractivity contribution in [2.24, 2.45) is 11.8 Å². The lowest BCUT2D eigenvalue weighted by Gasteiger charge is -2.34. The van der Waals surface area contributed by atoms with Gasteiger partial charge in [0.05, 0.1) is 5.92 Å². The van der Waals surface area contributed by atoms with Gasteiger partial charge in [0.15, 0.2) is 0 Å². The second-order valence-electron chi connectivity index (χ2n) is 5.50. The van der Waals surface area contributed by atoms with Gasteiger partial charge in [-0.05, 0) is 45.7 Å². The van der Waals surface area contributed by atoms with Crippen LogP contribution in [0.3, 0.4) is 0 Å². The number of nitrogens with zero attached hydrogens (tertiary/aromatic N) is 1. The van der Waals surface area contributed by atoms with E-state index in [0.29, 0.717) is 5.92 Å². The van der Waals surface area contributed by atoms with Crippen molar-refractivity contribution in [3.63, 3.8) is 0 Å². The summed E-state index contributed by atoms with van der Waals surface area (Å²) in [6.45, 7) is 10.5. The second-order valence-corrected chi connectivity index (χ2v) is 5.50. The first-order chi connectivity index (χ1) is 6.85. The minimum absolute atomic E-state index is 0.180. The summed E-state index contributed by atoms with van der Waals surface area (Å²) in [7, 11) is 0. The molecule has 1 rings (SSSR count). The molecular weight excluding hydrogens is 190 g/mol. The minimum atomic E-state index is -0.646. The van der Waals surface area contributed by atoms with Crippen molar-refractivity contribution in [2.75, 3.05) is 13.1 Å². The van der Waals surface area contributed by atoms with E-state index in [2.05, 4.69) is 32.6 Å². The quantitative estimate of drug-likeness (QED) is 0.778. The molecule has 1 saturated heterocycles. The largest absolute Gasteiger partial charge is 0.481 e. The van der Waals surface area contributed by atoms with Crippen LogP contribution in [0.1, 0.15) is 40.5 Å². The fourth-order valence-corrected chi connectivity index (χ4v) is 2.39. The number of aliphatic carboxylic acids is 1. The average Bonchev–Trinajstić information content (AvgIpc) is 2.37. The zero-order chi connectivity index (χ0) is 11.6. The maximum Gasteiger partial charge on any atom is 0.308 e. The van der Waals surface area contributed by atoms with Crippen molar-refractivity contribution in [2.45, 2.75) is 46.1 Å². The van der Waals surface area contributed by atoms with E-state index in [1.165, 1.54) is 0 Å². The monoisotopic (exact) mass is 213 g/mol. The Kier molecular flexibility index (Phi) is 3.77. The molecule has 1 unspecified atom stereocenters. The molecule has 0 radical (unpaired) electrons. The van der Waals surface area contributed by atoms with E-state index in [9.17, 15) is 4.79 Å². The molecule has 0 aromatic rings. The van der Waals surface area contributed by atoms with Crippen molar-refractivity contribution in [1.82, 2.24) is 4.90 Å². The number of carboxylic acid groups (broad SMARTS) is 1. The maximum atomic E-state index is 11.1. The molecule has 0 aromatic heterocycles. The lowest BCUT2D eigenvalue weighted by molar-refractivity contribution is -0.144. The van der Waals surface area contributed by atoms with E-state index in [0.717, 1.165) is 25.9 Å². The first-order valence-electron chi connectivity index (χ1n) is 5.83. The Hall–Kier alpha value is -0.570. The molecule has 0 aromatic carbocycles. The molecule has 1 aliphatic heterocycles. The van der Waals surface area contributed by atoms with E-state index < -0.39 is 5.97 Å². The van der Waals surface area contributed by atoms with E-state index in [-0.39, 0.29) is 11.5 Å². The first kappa shape index (κ1) is 12.5. The lowest BCUT2D eigenvalue weighted by atomic mass is 9.88. The third kappa shape index (κ3) is 2.71. The Morgan fingerprint density at radius 3 is 2.53 bits per heavy atom. The highest BCUT2D eigenvalue weighted by molar-refractivity contribution is 5.72. The molecule has 88 valence electrons. The van der Waals surface area contributed by atoms with Gasteiger partial charge in [0.2, 0.25) is 0 Å². The molecule has 15 heavy (non-hydrogen) atoms. The number of rotatable bonds is 4. The van der Waals surface area contributed by atoms with E-state index in [1.54, 1.807) is 0 Å².